The number of allylic oxidation sites excluding steroid dienone is 2. The van der Waals surface area contributed by atoms with Crippen LogP contribution in [0, 0.1) is 5.92 Å². The molecule has 1 heteroatoms. The molecule has 0 amide bonds. The SMILES string of the molecule is C=CC(C)C/C=C/I. The summed E-state index contributed by atoms with van der Waals surface area (Å²) in [6.45, 7) is 5.83. The van der Waals surface area contributed by atoms with Gasteiger partial charge in [-0.1, -0.05) is 41.7 Å². The van der Waals surface area contributed by atoms with Crippen molar-refractivity contribution in [3.63, 3.8) is 0 Å². The molecule has 0 nitrogen and oxygen atoms in total. The molecule has 46 valence electrons. The molecule has 0 aromatic heterocycles. The van der Waals surface area contributed by atoms with Crippen molar-refractivity contribution in [3.05, 3.63) is 22.8 Å². The standard InChI is InChI=1S/C7H11I/c1-3-7(2)5-4-6-8/h3-4,6-7H,1,5H2,2H3/b6-4+. The van der Waals surface area contributed by atoms with Gasteiger partial charge in [0.1, 0.15) is 0 Å². The summed E-state index contributed by atoms with van der Waals surface area (Å²) >= 11 is 2.22. The predicted molar refractivity (Wildman–Crippen MR) is 47.1 cm³/mol. The van der Waals surface area contributed by atoms with Gasteiger partial charge in [-0.3, -0.25) is 0 Å². The van der Waals surface area contributed by atoms with Gasteiger partial charge in [0, 0.05) is 0 Å². The van der Waals surface area contributed by atoms with Gasteiger partial charge < -0.3 is 0 Å². The van der Waals surface area contributed by atoms with Gasteiger partial charge in [-0.15, -0.1) is 6.58 Å². The Hall–Kier alpha value is 0.210. The topological polar surface area (TPSA) is 0 Å². The van der Waals surface area contributed by atoms with Crippen LogP contribution in [-0.2, 0) is 0 Å². The van der Waals surface area contributed by atoms with Crippen LogP contribution in [-0.4, -0.2) is 0 Å². The highest BCUT2D eigenvalue weighted by atomic mass is 127. The quantitative estimate of drug-likeness (QED) is 0.508. The maximum Gasteiger partial charge on any atom is -0.0230 e. The zero-order valence-electron chi connectivity index (χ0n) is 5.10. The summed E-state index contributed by atoms with van der Waals surface area (Å²) in [6, 6.07) is 0. The van der Waals surface area contributed by atoms with E-state index in [9.17, 15) is 0 Å². The van der Waals surface area contributed by atoms with Gasteiger partial charge in [-0.05, 0) is 16.4 Å². The van der Waals surface area contributed by atoms with E-state index in [2.05, 4.69) is 42.2 Å². The lowest BCUT2D eigenvalue weighted by atomic mass is 10.1. The van der Waals surface area contributed by atoms with Crippen molar-refractivity contribution in [3.8, 4) is 0 Å². The van der Waals surface area contributed by atoms with Crippen LogP contribution in [0.15, 0.2) is 22.8 Å². The van der Waals surface area contributed by atoms with E-state index in [-0.39, 0.29) is 0 Å². The maximum absolute atomic E-state index is 3.68. The Kier molecular flexibility index (Phi) is 5.49. The van der Waals surface area contributed by atoms with Crippen LogP contribution in [0.4, 0.5) is 0 Å². The largest absolute Gasteiger partial charge is 0.103 e. The van der Waals surface area contributed by atoms with Crippen molar-refractivity contribution in [2.75, 3.05) is 0 Å². The summed E-state index contributed by atoms with van der Waals surface area (Å²) in [5.41, 5.74) is 0. The third-order valence-corrected chi connectivity index (χ3v) is 1.51. The average molecular weight is 222 g/mol. The highest BCUT2D eigenvalue weighted by molar-refractivity contribution is 14.1. The fourth-order valence-electron chi connectivity index (χ4n) is 0.362. The van der Waals surface area contributed by atoms with Gasteiger partial charge in [0.2, 0.25) is 0 Å². The molecule has 0 rings (SSSR count). The molecule has 0 saturated heterocycles. The van der Waals surface area contributed by atoms with E-state index in [0.717, 1.165) is 6.42 Å². The van der Waals surface area contributed by atoms with E-state index in [0.29, 0.717) is 5.92 Å². The zero-order valence-corrected chi connectivity index (χ0v) is 7.26. The van der Waals surface area contributed by atoms with Crippen molar-refractivity contribution < 1.29 is 0 Å². The minimum atomic E-state index is 0.626. The molecule has 0 aliphatic rings. The van der Waals surface area contributed by atoms with Crippen LogP contribution in [0.2, 0.25) is 0 Å². The van der Waals surface area contributed by atoms with E-state index in [4.69, 9.17) is 0 Å². The second-order valence-corrected chi connectivity index (χ2v) is 2.53. The molecule has 0 N–H and O–H groups in total. The van der Waals surface area contributed by atoms with Crippen LogP contribution in [0.25, 0.3) is 0 Å². The van der Waals surface area contributed by atoms with Crippen LogP contribution < -0.4 is 0 Å². The Balaban J connectivity index is 3.23. The molecule has 0 radical (unpaired) electrons. The maximum atomic E-state index is 3.68. The minimum Gasteiger partial charge on any atom is -0.103 e. The molecule has 0 aromatic carbocycles. The van der Waals surface area contributed by atoms with Gasteiger partial charge in [0.25, 0.3) is 0 Å². The van der Waals surface area contributed by atoms with Gasteiger partial charge in [0.15, 0.2) is 0 Å². The molecule has 0 spiro atoms. The summed E-state index contributed by atoms with van der Waals surface area (Å²) < 4.78 is 2.04. The molecule has 1 unspecified atom stereocenters. The van der Waals surface area contributed by atoms with Crippen molar-refractivity contribution in [2.24, 2.45) is 5.92 Å². The fraction of sp³-hybridized carbons (Fsp3) is 0.429. The van der Waals surface area contributed by atoms with Crippen molar-refractivity contribution in [1.82, 2.24) is 0 Å². The molecule has 0 heterocycles. The van der Waals surface area contributed by atoms with Crippen LogP contribution in [0.5, 0.6) is 0 Å². The van der Waals surface area contributed by atoms with Crippen LogP contribution in [0.3, 0.4) is 0 Å². The molecule has 0 aromatic rings. The lowest BCUT2D eigenvalue weighted by molar-refractivity contribution is 0.747. The highest BCUT2D eigenvalue weighted by Gasteiger charge is 1.87. The smallest absolute Gasteiger partial charge is 0.0230 e. The Morgan fingerprint density at radius 2 is 2.38 bits per heavy atom. The lowest BCUT2D eigenvalue weighted by Gasteiger charge is -1.96. The molecule has 0 fully saturated rings. The van der Waals surface area contributed by atoms with E-state index >= 15 is 0 Å². The average Bonchev–Trinajstić information content (AvgIpc) is 1.83. The molecule has 0 bridgehead atoms. The molecular weight excluding hydrogens is 211 g/mol. The summed E-state index contributed by atoms with van der Waals surface area (Å²) in [6.07, 6.45) is 5.23. The van der Waals surface area contributed by atoms with Gasteiger partial charge in [0.05, 0.1) is 0 Å². The Bertz CT molecular complexity index is 84.4. The van der Waals surface area contributed by atoms with Gasteiger partial charge in [-0.2, -0.15) is 0 Å². The first-order valence-corrected chi connectivity index (χ1v) is 3.93. The van der Waals surface area contributed by atoms with Gasteiger partial charge >= 0.3 is 0 Å². The van der Waals surface area contributed by atoms with Crippen molar-refractivity contribution in [2.45, 2.75) is 13.3 Å². The second kappa shape index (κ2) is 5.35. The molecular formula is C7H11I. The number of rotatable bonds is 3. The second-order valence-electron chi connectivity index (χ2n) is 1.81. The minimum absolute atomic E-state index is 0.626. The van der Waals surface area contributed by atoms with E-state index in [1.165, 1.54) is 0 Å². The molecule has 1 atom stereocenters. The fourth-order valence-corrected chi connectivity index (χ4v) is 0.656. The Labute approximate surface area is 64.8 Å². The molecule has 0 aliphatic heterocycles. The van der Waals surface area contributed by atoms with Gasteiger partial charge in [-0.25, -0.2) is 0 Å². The van der Waals surface area contributed by atoms with Crippen LogP contribution in [0.1, 0.15) is 13.3 Å². The Morgan fingerprint density at radius 1 is 1.75 bits per heavy atom. The highest BCUT2D eigenvalue weighted by Crippen LogP contribution is 2.03. The number of halogens is 1. The van der Waals surface area contributed by atoms with Crippen molar-refractivity contribution in [1.29, 1.82) is 0 Å². The first kappa shape index (κ1) is 8.21. The summed E-state index contributed by atoms with van der Waals surface area (Å²) in [7, 11) is 0. The molecule has 0 saturated carbocycles. The predicted octanol–water partition coefficient (Wildman–Crippen LogP) is 3.15. The monoisotopic (exact) mass is 222 g/mol. The first-order chi connectivity index (χ1) is 3.81. The normalized spacial score (nSPS) is 14.2. The Morgan fingerprint density at radius 3 is 2.75 bits per heavy atom. The van der Waals surface area contributed by atoms with Crippen molar-refractivity contribution >= 4 is 22.6 Å². The van der Waals surface area contributed by atoms with E-state index in [1.807, 2.05) is 10.2 Å². The number of hydrogen-bond acceptors (Lipinski definition) is 0. The number of hydrogen-bond donors (Lipinski definition) is 0. The molecule has 8 heavy (non-hydrogen) atoms. The third kappa shape index (κ3) is 4.37. The van der Waals surface area contributed by atoms with E-state index < -0.39 is 0 Å². The van der Waals surface area contributed by atoms with Crippen LogP contribution >= 0.6 is 22.6 Å². The summed E-state index contributed by atoms with van der Waals surface area (Å²) in [5.74, 6) is 0.626. The summed E-state index contributed by atoms with van der Waals surface area (Å²) in [5, 5.41) is 0. The lowest BCUT2D eigenvalue weighted by Crippen LogP contribution is -1.82. The third-order valence-electron chi connectivity index (χ3n) is 0.999. The molecule has 0 aliphatic carbocycles. The first-order valence-electron chi connectivity index (χ1n) is 2.69. The summed E-state index contributed by atoms with van der Waals surface area (Å²) in [4.78, 5) is 0. The zero-order chi connectivity index (χ0) is 6.41. The van der Waals surface area contributed by atoms with E-state index in [1.54, 1.807) is 0 Å².